The van der Waals surface area contributed by atoms with Crippen LogP contribution in [-0.4, -0.2) is 4.98 Å². The van der Waals surface area contributed by atoms with Crippen LogP contribution in [0.1, 0.15) is 30.7 Å². The molecule has 0 spiro atoms. The fraction of sp³-hybridized carbons (Fsp3) is 0.417. The summed E-state index contributed by atoms with van der Waals surface area (Å²) in [6.07, 6.45) is 1.98. The highest BCUT2D eigenvalue weighted by molar-refractivity contribution is 7.11. The average Bonchev–Trinajstić information content (AvgIpc) is 2.85. The van der Waals surface area contributed by atoms with Crippen molar-refractivity contribution in [2.45, 2.75) is 32.7 Å². The molecular formula is C12H16N2S2. The van der Waals surface area contributed by atoms with Gasteiger partial charge >= 0.3 is 0 Å². The number of aromatic nitrogens is 1. The van der Waals surface area contributed by atoms with Crippen LogP contribution in [0.15, 0.2) is 23.0 Å². The molecular weight excluding hydrogens is 236 g/mol. The van der Waals surface area contributed by atoms with Crippen molar-refractivity contribution in [3.8, 4) is 0 Å². The molecule has 0 amide bonds. The van der Waals surface area contributed by atoms with Gasteiger partial charge in [-0.2, -0.15) is 11.3 Å². The number of anilines is 1. The van der Waals surface area contributed by atoms with E-state index in [9.17, 15) is 0 Å². The van der Waals surface area contributed by atoms with Crippen molar-refractivity contribution in [1.82, 2.24) is 4.98 Å². The molecule has 86 valence electrons. The van der Waals surface area contributed by atoms with E-state index in [0.717, 1.165) is 6.54 Å². The van der Waals surface area contributed by atoms with Gasteiger partial charge in [-0.05, 0) is 11.4 Å². The number of hydrogen-bond donors (Lipinski definition) is 1. The second-order valence-electron chi connectivity index (χ2n) is 4.75. The average molecular weight is 252 g/mol. The molecule has 2 heterocycles. The zero-order valence-electron chi connectivity index (χ0n) is 9.78. The Labute approximate surface area is 104 Å². The van der Waals surface area contributed by atoms with Gasteiger partial charge in [0.15, 0.2) is 0 Å². The Morgan fingerprint density at radius 3 is 2.75 bits per heavy atom. The highest BCUT2D eigenvalue weighted by atomic mass is 32.1. The van der Waals surface area contributed by atoms with Crippen molar-refractivity contribution in [1.29, 1.82) is 0 Å². The number of thiophene rings is 1. The molecule has 0 atom stereocenters. The van der Waals surface area contributed by atoms with Crippen molar-refractivity contribution in [3.05, 3.63) is 32.9 Å². The first-order valence-electron chi connectivity index (χ1n) is 5.27. The van der Waals surface area contributed by atoms with Crippen LogP contribution in [-0.2, 0) is 12.0 Å². The van der Waals surface area contributed by atoms with Crippen molar-refractivity contribution in [2.24, 2.45) is 0 Å². The summed E-state index contributed by atoms with van der Waals surface area (Å²) in [5.74, 6) is 0. The molecule has 1 N–H and O–H groups in total. The van der Waals surface area contributed by atoms with Crippen molar-refractivity contribution >= 4 is 28.4 Å². The Kier molecular flexibility index (Phi) is 3.30. The van der Waals surface area contributed by atoms with E-state index in [4.69, 9.17) is 0 Å². The van der Waals surface area contributed by atoms with Gasteiger partial charge in [0, 0.05) is 27.6 Å². The van der Waals surface area contributed by atoms with Crippen LogP contribution >= 0.6 is 22.7 Å². The van der Waals surface area contributed by atoms with Crippen LogP contribution < -0.4 is 5.32 Å². The summed E-state index contributed by atoms with van der Waals surface area (Å²) in [5, 5.41) is 8.79. The minimum atomic E-state index is 0.158. The minimum Gasteiger partial charge on any atom is -0.379 e. The number of nitrogens with zero attached hydrogens (tertiary/aromatic N) is 1. The van der Waals surface area contributed by atoms with Gasteiger partial charge in [0.25, 0.3) is 0 Å². The third-order valence-corrected chi connectivity index (χ3v) is 4.29. The number of rotatable bonds is 3. The van der Waals surface area contributed by atoms with E-state index in [2.05, 4.69) is 47.9 Å². The molecule has 0 fully saturated rings. The number of thiazole rings is 1. The summed E-state index contributed by atoms with van der Waals surface area (Å²) in [4.78, 5) is 5.76. The van der Waals surface area contributed by atoms with Gasteiger partial charge in [-0.1, -0.05) is 20.8 Å². The second kappa shape index (κ2) is 4.55. The normalized spacial score (nSPS) is 11.7. The quantitative estimate of drug-likeness (QED) is 0.889. The molecule has 0 radical (unpaired) electrons. The molecule has 0 aromatic carbocycles. The van der Waals surface area contributed by atoms with E-state index in [0.29, 0.717) is 0 Å². The van der Waals surface area contributed by atoms with Crippen molar-refractivity contribution < 1.29 is 0 Å². The first-order valence-corrected chi connectivity index (χ1v) is 7.03. The molecule has 0 aliphatic carbocycles. The van der Waals surface area contributed by atoms with Crippen molar-refractivity contribution in [3.63, 3.8) is 0 Å². The molecule has 16 heavy (non-hydrogen) atoms. The van der Waals surface area contributed by atoms with Crippen LogP contribution in [0.25, 0.3) is 0 Å². The van der Waals surface area contributed by atoms with Gasteiger partial charge in [-0.25, -0.2) is 4.98 Å². The number of hydrogen-bond acceptors (Lipinski definition) is 4. The molecule has 2 aromatic heterocycles. The first kappa shape index (κ1) is 11.6. The highest BCUT2D eigenvalue weighted by Gasteiger charge is 2.17. The van der Waals surface area contributed by atoms with Gasteiger partial charge in [0.05, 0.1) is 11.6 Å². The third kappa shape index (κ3) is 2.83. The zero-order chi connectivity index (χ0) is 11.6. The lowest BCUT2D eigenvalue weighted by atomic mass is 9.98. The SMILES string of the molecule is CC(C)(C)c1ncc(CNc2ccsc2)s1. The molecule has 0 saturated carbocycles. The Bertz CT molecular complexity index is 438. The topological polar surface area (TPSA) is 24.9 Å². The predicted octanol–water partition coefficient (Wildman–Crippen LogP) is 4.11. The van der Waals surface area contributed by atoms with E-state index in [1.54, 1.807) is 22.7 Å². The summed E-state index contributed by atoms with van der Waals surface area (Å²) < 4.78 is 0. The molecule has 0 aliphatic heterocycles. The van der Waals surface area contributed by atoms with Gasteiger partial charge in [0.2, 0.25) is 0 Å². The predicted molar refractivity (Wildman–Crippen MR) is 72.5 cm³/mol. The summed E-state index contributed by atoms with van der Waals surface area (Å²) in [6.45, 7) is 7.45. The zero-order valence-corrected chi connectivity index (χ0v) is 11.4. The molecule has 2 nitrogen and oxygen atoms in total. The minimum absolute atomic E-state index is 0.158. The molecule has 0 aliphatic rings. The second-order valence-corrected chi connectivity index (χ2v) is 6.64. The maximum Gasteiger partial charge on any atom is 0.0981 e. The van der Waals surface area contributed by atoms with E-state index < -0.39 is 0 Å². The largest absolute Gasteiger partial charge is 0.379 e. The van der Waals surface area contributed by atoms with Gasteiger partial charge in [-0.3, -0.25) is 0 Å². The van der Waals surface area contributed by atoms with Crippen LogP contribution in [0.3, 0.4) is 0 Å². The Balaban J connectivity index is 1.98. The fourth-order valence-corrected chi connectivity index (χ4v) is 2.81. The smallest absolute Gasteiger partial charge is 0.0981 e. The summed E-state index contributed by atoms with van der Waals surface area (Å²) in [7, 11) is 0. The van der Waals surface area contributed by atoms with Crippen LogP contribution in [0.2, 0.25) is 0 Å². The fourth-order valence-electron chi connectivity index (χ4n) is 1.29. The summed E-state index contributed by atoms with van der Waals surface area (Å²) >= 11 is 3.50. The maximum atomic E-state index is 4.47. The van der Waals surface area contributed by atoms with Gasteiger partial charge < -0.3 is 5.32 Å². The van der Waals surface area contributed by atoms with E-state index in [1.165, 1.54) is 15.6 Å². The molecule has 0 bridgehead atoms. The highest BCUT2D eigenvalue weighted by Crippen LogP contribution is 2.27. The summed E-state index contributed by atoms with van der Waals surface area (Å²) in [6, 6.07) is 2.09. The van der Waals surface area contributed by atoms with Gasteiger partial charge in [0.1, 0.15) is 0 Å². The number of nitrogens with one attached hydrogen (secondary N) is 1. The lowest BCUT2D eigenvalue weighted by Crippen LogP contribution is -2.09. The molecule has 0 unspecified atom stereocenters. The Hall–Kier alpha value is -0.870. The first-order chi connectivity index (χ1) is 7.55. The third-order valence-electron chi connectivity index (χ3n) is 2.18. The monoisotopic (exact) mass is 252 g/mol. The lowest BCUT2D eigenvalue weighted by Gasteiger charge is -2.13. The van der Waals surface area contributed by atoms with Gasteiger partial charge in [-0.15, -0.1) is 11.3 Å². The molecule has 4 heteroatoms. The van der Waals surface area contributed by atoms with Crippen LogP contribution in [0.4, 0.5) is 5.69 Å². The lowest BCUT2D eigenvalue weighted by molar-refractivity contribution is 0.585. The van der Waals surface area contributed by atoms with E-state index in [1.807, 2.05) is 6.20 Å². The molecule has 0 saturated heterocycles. The maximum absolute atomic E-state index is 4.47. The standard InChI is InChI=1S/C12H16N2S2/c1-12(2,3)11-14-7-10(16-11)6-13-9-4-5-15-8-9/h4-5,7-8,13H,6H2,1-3H3. The van der Waals surface area contributed by atoms with Crippen LogP contribution in [0, 0.1) is 0 Å². The Morgan fingerprint density at radius 2 is 2.19 bits per heavy atom. The molecule has 2 rings (SSSR count). The van der Waals surface area contributed by atoms with E-state index >= 15 is 0 Å². The summed E-state index contributed by atoms with van der Waals surface area (Å²) in [5.41, 5.74) is 1.35. The van der Waals surface area contributed by atoms with Crippen LogP contribution in [0.5, 0.6) is 0 Å². The Morgan fingerprint density at radius 1 is 1.38 bits per heavy atom. The van der Waals surface area contributed by atoms with E-state index in [-0.39, 0.29) is 5.41 Å². The molecule has 2 aromatic rings. The van der Waals surface area contributed by atoms with Crippen molar-refractivity contribution in [2.75, 3.05) is 5.32 Å².